The van der Waals surface area contributed by atoms with E-state index in [2.05, 4.69) is 10.2 Å². The topological polar surface area (TPSA) is 71.8 Å². The molecule has 1 N–H and O–H groups in total. The van der Waals surface area contributed by atoms with Crippen LogP contribution < -0.4 is 10.2 Å². The van der Waals surface area contributed by atoms with E-state index in [9.17, 15) is 9.59 Å². The summed E-state index contributed by atoms with van der Waals surface area (Å²) < 4.78 is 9.99. The lowest BCUT2D eigenvalue weighted by Gasteiger charge is -2.22. The quantitative estimate of drug-likeness (QED) is 0.619. The second-order valence-electron chi connectivity index (χ2n) is 6.45. The molecule has 1 amide bonds. The molecule has 0 aliphatic carbocycles. The number of anilines is 2. The van der Waals surface area contributed by atoms with Crippen LogP contribution in [0, 0.1) is 0 Å². The molecule has 3 rings (SSSR count). The van der Waals surface area contributed by atoms with Crippen LogP contribution in [0.3, 0.4) is 0 Å². The minimum absolute atomic E-state index is 0.338. The van der Waals surface area contributed by atoms with Gasteiger partial charge in [0.2, 0.25) is 0 Å². The van der Waals surface area contributed by atoms with Crippen LogP contribution in [0.15, 0.2) is 53.2 Å². The zero-order chi connectivity index (χ0) is 18.9. The lowest BCUT2D eigenvalue weighted by Crippen LogP contribution is -2.24. The monoisotopic (exact) mass is 368 g/mol. The van der Waals surface area contributed by atoms with Gasteiger partial charge in [0.1, 0.15) is 5.76 Å². The highest BCUT2D eigenvalue weighted by Gasteiger charge is 2.10. The Bertz CT molecular complexity index is 758. The van der Waals surface area contributed by atoms with Crippen molar-refractivity contribution < 1.29 is 18.7 Å². The standard InChI is InChI=1S/C21H24N2O4/c24-20(16-27-21(25)12-11-19-6-5-15-26-19)22-17-7-9-18(10-8-17)23-13-3-1-2-4-14-23/h5-12,15H,1-4,13-14,16H2,(H,22,24)/b12-11+. The zero-order valence-electron chi connectivity index (χ0n) is 15.2. The van der Waals surface area contributed by atoms with Crippen molar-refractivity contribution in [3.8, 4) is 0 Å². The number of furan rings is 1. The maximum absolute atomic E-state index is 11.9. The Kier molecular flexibility index (Phi) is 6.68. The van der Waals surface area contributed by atoms with E-state index in [1.54, 1.807) is 12.1 Å². The number of nitrogens with zero attached hydrogens (tertiary/aromatic N) is 1. The van der Waals surface area contributed by atoms with Gasteiger partial charge in [-0.05, 0) is 55.3 Å². The van der Waals surface area contributed by atoms with Crippen LogP contribution in [-0.2, 0) is 14.3 Å². The molecule has 2 heterocycles. The van der Waals surface area contributed by atoms with Gasteiger partial charge in [-0.25, -0.2) is 4.79 Å². The van der Waals surface area contributed by atoms with Crippen LogP contribution in [0.1, 0.15) is 31.4 Å². The summed E-state index contributed by atoms with van der Waals surface area (Å²) >= 11 is 0. The minimum atomic E-state index is -0.599. The summed E-state index contributed by atoms with van der Waals surface area (Å²) in [5.41, 5.74) is 1.85. The first-order valence-electron chi connectivity index (χ1n) is 9.24. The fourth-order valence-corrected chi connectivity index (χ4v) is 3.00. The van der Waals surface area contributed by atoms with Gasteiger partial charge in [-0.3, -0.25) is 4.79 Å². The van der Waals surface area contributed by atoms with Crippen molar-refractivity contribution in [1.82, 2.24) is 0 Å². The predicted molar refractivity (Wildman–Crippen MR) is 104 cm³/mol. The highest BCUT2D eigenvalue weighted by atomic mass is 16.5. The number of nitrogens with one attached hydrogen (secondary N) is 1. The molecule has 1 aromatic heterocycles. The number of carbonyl (C=O) groups excluding carboxylic acids is 2. The SMILES string of the molecule is O=C(COC(=O)/C=C/c1ccco1)Nc1ccc(N2CCCCCC2)cc1. The number of amides is 1. The van der Waals surface area contributed by atoms with Gasteiger partial charge in [0.15, 0.2) is 6.61 Å². The molecular weight excluding hydrogens is 344 g/mol. The van der Waals surface area contributed by atoms with E-state index < -0.39 is 5.97 Å². The summed E-state index contributed by atoms with van der Waals surface area (Å²) in [7, 11) is 0. The van der Waals surface area contributed by atoms with Crippen LogP contribution in [0.2, 0.25) is 0 Å². The van der Waals surface area contributed by atoms with Gasteiger partial charge in [-0.1, -0.05) is 12.8 Å². The Morgan fingerprint density at radius 2 is 1.81 bits per heavy atom. The molecular formula is C21H24N2O4. The molecule has 27 heavy (non-hydrogen) atoms. The number of carbonyl (C=O) groups is 2. The first kappa shape index (κ1) is 18.8. The van der Waals surface area contributed by atoms with Crippen molar-refractivity contribution >= 4 is 29.3 Å². The molecule has 1 saturated heterocycles. The summed E-state index contributed by atoms with van der Waals surface area (Å²) in [6.07, 6.45) is 9.25. The molecule has 0 spiro atoms. The Labute approximate surface area is 158 Å². The Balaban J connectivity index is 1.44. The van der Waals surface area contributed by atoms with Crippen LogP contribution in [0.5, 0.6) is 0 Å². The lowest BCUT2D eigenvalue weighted by molar-refractivity contribution is -0.142. The van der Waals surface area contributed by atoms with E-state index in [1.165, 1.54) is 49.8 Å². The van der Waals surface area contributed by atoms with E-state index >= 15 is 0 Å². The van der Waals surface area contributed by atoms with Crippen LogP contribution in [-0.4, -0.2) is 31.6 Å². The molecule has 0 saturated carbocycles. The molecule has 0 unspecified atom stereocenters. The Hall–Kier alpha value is -3.02. The second-order valence-corrected chi connectivity index (χ2v) is 6.45. The van der Waals surface area contributed by atoms with E-state index in [-0.39, 0.29) is 12.5 Å². The normalized spacial score (nSPS) is 14.7. The molecule has 142 valence electrons. The molecule has 1 fully saturated rings. The third kappa shape index (κ3) is 6.02. The van der Waals surface area contributed by atoms with Gasteiger partial charge in [-0.15, -0.1) is 0 Å². The molecule has 6 heteroatoms. The number of ether oxygens (including phenoxy) is 1. The third-order valence-corrected chi connectivity index (χ3v) is 4.39. The molecule has 2 aromatic rings. The minimum Gasteiger partial charge on any atom is -0.465 e. The first-order chi connectivity index (χ1) is 13.2. The number of benzene rings is 1. The molecule has 0 bridgehead atoms. The zero-order valence-corrected chi connectivity index (χ0v) is 15.2. The number of hydrogen-bond donors (Lipinski definition) is 1. The fourth-order valence-electron chi connectivity index (χ4n) is 3.00. The average Bonchev–Trinajstić information content (AvgIpc) is 3.06. The Morgan fingerprint density at radius 3 is 2.48 bits per heavy atom. The molecule has 6 nitrogen and oxygen atoms in total. The van der Waals surface area contributed by atoms with Crippen molar-refractivity contribution in [3.05, 3.63) is 54.5 Å². The van der Waals surface area contributed by atoms with Crippen molar-refractivity contribution in [2.75, 3.05) is 29.9 Å². The van der Waals surface area contributed by atoms with E-state index in [4.69, 9.17) is 9.15 Å². The van der Waals surface area contributed by atoms with Gasteiger partial charge in [0, 0.05) is 30.5 Å². The number of hydrogen-bond acceptors (Lipinski definition) is 5. The maximum atomic E-state index is 11.9. The maximum Gasteiger partial charge on any atom is 0.331 e. The second kappa shape index (κ2) is 9.62. The summed E-state index contributed by atoms with van der Waals surface area (Å²) in [6.45, 7) is 1.82. The summed E-state index contributed by atoms with van der Waals surface area (Å²) in [6, 6.07) is 11.2. The smallest absolute Gasteiger partial charge is 0.331 e. The van der Waals surface area contributed by atoms with Crippen LogP contribution in [0.4, 0.5) is 11.4 Å². The Morgan fingerprint density at radius 1 is 1.07 bits per heavy atom. The first-order valence-corrected chi connectivity index (χ1v) is 9.24. The molecule has 1 aromatic carbocycles. The molecule has 0 atom stereocenters. The van der Waals surface area contributed by atoms with Gasteiger partial charge < -0.3 is 19.4 Å². The van der Waals surface area contributed by atoms with Gasteiger partial charge in [0.25, 0.3) is 5.91 Å². The van der Waals surface area contributed by atoms with E-state index in [0.29, 0.717) is 11.4 Å². The van der Waals surface area contributed by atoms with E-state index in [0.717, 1.165) is 13.1 Å². The number of rotatable bonds is 6. The van der Waals surface area contributed by atoms with Crippen molar-refractivity contribution in [2.24, 2.45) is 0 Å². The van der Waals surface area contributed by atoms with Gasteiger partial charge in [-0.2, -0.15) is 0 Å². The van der Waals surface area contributed by atoms with Crippen molar-refractivity contribution in [2.45, 2.75) is 25.7 Å². The highest BCUT2D eigenvalue weighted by molar-refractivity contribution is 5.94. The lowest BCUT2D eigenvalue weighted by atomic mass is 10.2. The fraction of sp³-hybridized carbons (Fsp3) is 0.333. The van der Waals surface area contributed by atoms with E-state index in [1.807, 2.05) is 24.3 Å². The summed E-state index contributed by atoms with van der Waals surface area (Å²) in [4.78, 5) is 25.9. The summed E-state index contributed by atoms with van der Waals surface area (Å²) in [5.74, 6) is -0.434. The van der Waals surface area contributed by atoms with Crippen molar-refractivity contribution in [3.63, 3.8) is 0 Å². The van der Waals surface area contributed by atoms with Crippen LogP contribution in [0.25, 0.3) is 6.08 Å². The highest BCUT2D eigenvalue weighted by Crippen LogP contribution is 2.21. The predicted octanol–water partition coefficient (Wildman–Crippen LogP) is 3.86. The molecule has 0 radical (unpaired) electrons. The summed E-state index contributed by atoms with van der Waals surface area (Å²) in [5, 5.41) is 2.73. The number of esters is 1. The van der Waals surface area contributed by atoms with Gasteiger partial charge >= 0.3 is 5.97 Å². The third-order valence-electron chi connectivity index (χ3n) is 4.39. The average molecular weight is 368 g/mol. The molecule has 1 aliphatic rings. The van der Waals surface area contributed by atoms with Crippen molar-refractivity contribution in [1.29, 1.82) is 0 Å². The molecule has 1 aliphatic heterocycles. The van der Waals surface area contributed by atoms with Gasteiger partial charge in [0.05, 0.1) is 6.26 Å². The largest absolute Gasteiger partial charge is 0.465 e. The van der Waals surface area contributed by atoms with Crippen LogP contribution >= 0.6 is 0 Å².